The summed E-state index contributed by atoms with van der Waals surface area (Å²) in [5.74, 6) is -0.889. The Labute approximate surface area is 87.2 Å². The van der Waals surface area contributed by atoms with Crippen molar-refractivity contribution in [2.75, 3.05) is 18.2 Å². The maximum atomic E-state index is 13.0. The van der Waals surface area contributed by atoms with E-state index in [2.05, 4.69) is 5.32 Å². The number of carbonyl (C=O) groups is 1. The number of anilines is 2. The van der Waals surface area contributed by atoms with Crippen LogP contribution in [0.4, 0.5) is 15.8 Å². The van der Waals surface area contributed by atoms with Crippen LogP contribution in [0.3, 0.4) is 0 Å². The van der Waals surface area contributed by atoms with Gasteiger partial charge in [-0.15, -0.1) is 0 Å². The van der Waals surface area contributed by atoms with Crippen molar-refractivity contribution < 1.29 is 13.9 Å². The molecule has 0 radical (unpaired) electrons. The van der Waals surface area contributed by atoms with E-state index in [1.165, 1.54) is 19.2 Å². The molecule has 3 N–H and O–H groups in total. The zero-order valence-electron chi connectivity index (χ0n) is 8.58. The fraction of sp³-hybridized carbons (Fsp3) is 0.300. The van der Waals surface area contributed by atoms with Crippen LogP contribution in [0, 0.1) is 5.82 Å². The third kappa shape index (κ3) is 2.92. The van der Waals surface area contributed by atoms with Crippen molar-refractivity contribution in [3.63, 3.8) is 0 Å². The highest BCUT2D eigenvalue weighted by molar-refractivity contribution is 5.94. The first-order valence-electron chi connectivity index (χ1n) is 4.43. The van der Waals surface area contributed by atoms with E-state index in [1.807, 2.05) is 0 Å². The molecular weight excluding hydrogens is 199 g/mol. The Bertz CT molecular complexity index is 368. The number of rotatable bonds is 3. The normalized spacial score (nSPS) is 12.2. The molecule has 1 aromatic carbocycles. The van der Waals surface area contributed by atoms with Crippen LogP contribution in [0.25, 0.3) is 0 Å². The number of nitrogens with two attached hydrogens (primary N) is 1. The van der Waals surface area contributed by atoms with Gasteiger partial charge in [0.1, 0.15) is 11.9 Å². The average molecular weight is 212 g/mol. The maximum Gasteiger partial charge on any atom is 0.253 e. The van der Waals surface area contributed by atoms with Crippen LogP contribution in [0.5, 0.6) is 0 Å². The molecule has 1 atom stereocenters. The molecule has 0 heterocycles. The number of amides is 1. The van der Waals surface area contributed by atoms with E-state index >= 15 is 0 Å². The molecule has 0 aliphatic rings. The topological polar surface area (TPSA) is 64.3 Å². The highest BCUT2D eigenvalue weighted by Crippen LogP contribution is 2.16. The van der Waals surface area contributed by atoms with E-state index in [9.17, 15) is 9.18 Å². The Hall–Kier alpha value is -1.62. The maximum absolute atomic E-state index is 13.0. The third-order valence-corrected chi connectivity index (χ3v) is 1.99. The molecule has 0 bridgehead atoms. The van der Waals surface area contributed by atoms with Crippen LogP contribution in [0.1, 0.15) is 6.92 Å². The van der Waals surface area contributed by atoms with Crippen molar-refractivity contribution in [2.45, 2.75) is 13.0 Å². The van der Waals surface area contributed by atoms with Crippen LogP contribution < -0.4 is 11.1 Å². The van der Waals surface area contributed by atoms with Gasteiger partial charge in [-0.2, -0.15) is 0 Å². The lowest BCUT2D eigenvalue weighted by molar-refractivity contribution is -0.124. The van der Waals surface area contributed by atoms with Crippen molar-refractivity contribution in [1.82, 2.24) is 0 Å². The van der Waals surface area contributed by atoms with Crippen LogP contribution in [0.2, 0.25) is 0 Å². The molecule has 0 aliphatic carbocycles. The summed E-state index contributed by atoms with van der Waals surface area (Å²) in [5, 5.41) is 2.50. The molecule has 1 unspecified atom stereocenters. The van der Waals surface area contributed by atoms with E-state index < -0.39 is 11.9 Å². The molecule has 4 nitrogen and oxygen atoms in total. The van der Waals surface area contributed by atoms with Gasteiger partial charge in [-0.3, -0.25) is 4.79 Å². The minimum Gasteiger partial charge on any atom is -0.396 e. The van der Waals surface area contributed by atoms with Gasteiger partial charge in [0.15, 0.2) is 0 Å². The van der Waals surface area contributed by atoms with Crippen LogP contribution in [0.15, 0.2) is 18.2 Å². The summed E-state index contributed by atoms with van der Waals surface area (Å²) in [7, 11) is 1.42. The Morgan fingerprint density at radius 2 is 2.27 bits per heavy atom. The summed E-state index contributed by atoms with van der Waals surface area (Å²) >= 11 is 0. The monoisotopic (exact) mass is 212 g/mol. The van der Waals surface area contributed by atoms with Gasteiger partial charge in [-0.1, -0.05) is 0 Å². The van der Waals surface area contributed by atoms with Gasteiger partial charge in [0.05, 0.1) is 5.69 Å². The number of hydrogen-bond donors (Lipinski definition) is 2. The van der Waals surface area contributed by atoms with Crippen molar-refractivity contribution >= 4 is 17.3 Å². The van der Waals surface area contributed by atoms with Gasteiger partial charge >= 0.3 is 0 Å². The van der Waals surface area contributed by atoms with Gasteiger partial charge in [0.25, 0.3) is 5.91 Å². The number of methoxy groups -OCH3 is 1. The second-order valence-corrected chi connectivity index (χ2v) is 3.10. The molecule has 0 aliphatic heterocycles. The summed E-state index contributed by atoms with van der Waals surface area (Å²) in [5.41, 5.74) is 5.70. The zero-order valence-corrected chi connectivity index (χ0v) is 8.58. The van der Waals surface area contributed by atoms with E-state index in [0.29, 0.717) is 5.69 Å². The quantitative estimate of drug-likeness (QED) is 0.744. The van der Waals surface area contributed by atoms with E-state index in [1.54, 1.807) is 6.92 Å². The molecule has 5 heteroatoms. The number of nitrogen functional groups attached to an aromatic ring is 1. The molecular formula is C10H13FN2O2. The Kier molecular flexibility index (Phi) is 3.62. The van der Waals surface area contributed by atoms with Gasteiger partial charge < -0.3 is 15.8 Å². The van der Waals surface area contributed by atoms with Crippen LogP contribution in [-0.4, -0.2) is 19.1 Å². The standard InChI is InChI=1S/C10H13FN2O2/c1-6(15-2)10(14)13-7-3-4-9(12)8(11)5-7/h3-6H,12H2,1-2H3,(H,13,14). The van der Waals surface area contributed by atoms with Gasteiger partial charge in [-0.25, -0.2) is 4.39 Å². The van der Waals surface area contributed by atoms with Crippen LogP contribution >= 0.6 is 0 Å². The SMILES string of the molecule is COC(C)C(=O)Nc1ccc(N)c(F)c1. The first-order valence-corrected chi connectivity index (χ1v) is 4.43. The Morgan fingerprint density at radius 1 is 1.60 bits per heavy atom. The number of nitrogens with one attached hydrogen (secondary N) is 1. The number of hydrogen-bond acceptors (Lipinski definition) is 3. The number of halogens is 1. The second kappa shape index (κ2) is 4.75. The van der Waals surface area contributed by atoms with Crippen molar-refractivity contribution in [3.05, 3.63) is 24.0 Å². The van der Waals surface area contributed by atoms with Crippen molar-refractivity contribution in [2.24, 2.45) is 0 Å². The molecule has 0 spiro atoms. The predicted molar refractivity (Wildman–Crippen MR) is 55.9 cm³/mol. The lowest BCUT2D eigenvalue weighted by atomic mass is 10.2. The molecule has 1 amide bonds. The molecule has 1 rings (SSSR count). The number of benzene rings is 1. The largest absolute Gasteiger partial charge is 0.396 e. The van der Waals surface area contributed by atoms with Gasteiger partial charge in [-0.05, 0) is 25.1 Å². The fourth-order valence-electron chi connectivity index (χ4n) is 0.956. The van der Waals surface area contributed by atoms with E-state index in [0.717, 1.165) is 6.07 Å². The molecule has 82 valence electrons. The van der Waals surface area contributed by atoms with Crippen molar-refractivity contribution in [1.29, 1.82) is 0 Å². The summed E-state index contributed by atoms with van der Waals surface area (Å²) in [6, 6.07) is 4.08. The number of carbonyl (C=O) groups excluding carboxylic acids is 1. The lowest BCUT2D eigenvalue weighted by Gasteiger charge is -2.10. The molecule has 0 saturated heterocycles. The number of ether oxygens (including phenoxy) is 1. The molecule has 15 heavy (non-hydrogen) atoms. The molecule has 0 fully saturated rings. The predicted octanol–water partition coefficient (Wildman–Crippen LogP) is 1.38. The third-order valence-electron chi connectivity index (χ3n) is 1.99. The summed E-state index contributed by atoms with van der Waals surface area (Å²) in [6.45, 7) is 1.60. The summed E-state index contributed by atoms with van der Waals surface area (Å²) in [4.78, 5) is 11.3. The molecule has 0 saturated carbocycles. The fourth-order valence-corrected chi connectivity index (χ4v) is 0.956. The summed E-state index contributed by atoms with van der Waals surface area (Å²) in [6.07, 6.45) is -0.578. The molecule has 1 aromatic rings. The highest BCUT2D eigenvalue weighted by atomic mass is 19.1. The Balaban J connectivity index is 2.73. The second-order valence-electron chi connectivity index (χ2n) is 3.10. The van der Waals surface area contributed by atoms with E-state index in [-0.39, 0.29) is 11.6 Å². The Morgan fingerprint density at radius 3 is 2.80 bits per heavy atom. The van der Waals surface area contributed by atoms with Crippen LogP contribution in [-0.2, 0) is 9.53 Å². The zero-order chi connectivity index (χ0) is 11.4. The van der Waals surface area contributed by atoms with Gasteiger partial charge in [0, 0.05) is 12.8 Å². The van der Waals surface area contributed by atoms with Gasteiger partial charge in [0.2, 0.25) is 0 Å². The highest BCUT2D eigenvalue weighted by Gasteiger charge is 2.11. The molecule has 0 aromatic heterocycles. The first kappa shape index (κ1) is 11.5. The van der Waals surface area contributed by atoms with Crippen molar-refractivity contribution in [3.8, 4) is 0 Å². The lowest BCUT2D eigenvalue weighted by Crippen LogP contribution is -2.26. The summed E-state index contributed by atoms with van der Waals surface area (Å²) < 4.78 is 17.8. The van der Waals surface area contributed by atoms with E-state index in [4.69, 9.17) is 10.5 Å². The smallest absolute Gasteiger partial charge is 0.253 e. The average Bonchev–Trinajstić information content (AvgIpc) is 2.22. The first-order chi connectivity index (χ1) is 7.04. The minimum atomic E-state index is -0.578. The minimum absolute atomic E-state index is 0.0489.